The third-order valence-corrected chi connectivity index (χ3v) is 5.50. The Morgan fingerprint density at radius 2 is 2.03 bits per heavy atom. The molecule has 1 aliphatic rings. The number of hydrogen-bond acceptors (Lipinski definition) is 5. The lowest BCUT2D eigenvalue weighted by Gasteiger charge is -2.26. The monoisotopic (exact) mass is 421 g/mol. The van der Waals surface area contributed by atoms with Gasteiger partial charge in [-0.25, -0.2) is 4.98 Å². The van der Waals surface area contributed by atoms with Crippen LogP contribution in [0.25, 0.3) is 0 Å². The van der Waals surface area contributed by atoms with Gasteiger partial charge in [-0.15, -0.1) is 0 Å². The number of aromatic nitrogens is 2. The summed E-state index contributed by atoms with van der Waals surface area (Å²) in [5.74, 6) is 0.567. The van der Waals surface area contributed by atoms with Gasteiger partial charge in [-0.05, 0) is 49.4 Å². The second kappa shape index (κ2) is 10.1. The summed E-state index contributed by atoms with van der Waals surface area (Å²) in [6, 6.07) is 5.44. The number of fused-ring (bicyclic) bond motifs is 1. The van der Waals surface area contributed by atoms with Gasteiger partial charge < -0.3 is 24.4 Å². The molecule has 0 saturated carbocycles. The molecule has 1 amide bonds. The van der Waals surface area contributed by atoms with Crippen LogP contribution in [0.2, 0.25) is 5.02 Å². The van der Waals surface area contributed by atoms with E-state index >= 15 is 0 Å². The number of imidazole rings is 1. The van der Waals surface area contributed by atoms with Crippen LogP contribution in [-0.2, 0) is 13.5 Å². The molecule has 0 saturated heterocycles. The Balaban J connectivity index is 1.73. The van der Waals surface area contributed by atoms with Crippen LogP contribution in [0.1, 0.15) is 41.7 Å². The summed E-state index contributed by atoms with van der Waals surface area (Å²) in [5, 5.41) is 21.3. The van der Waals surface area contributed by atoms with Crippen LogP contribution in [0.5, 0.6) is 5.75 Å². The van der Waals surface area contributed by atoms with E-state index < -0.39 is 12.2 Å². The molecule has 7 nitrogen and oxygen atoms in total. The average molecular weight is 422 g/mol. The van der Waals surface area contributed by atoms with Gasteiger partial charge in [0.05, 0.1) is 18.6 Å². The van der Waals surface area contributed by atoms with E-state index in [2.05, 4.69) is 4.98 Å². The van der Waals surface area contributed by atoms with Crippen LogP contribution < -0.4 is 4.74 Å². The van der Waals surface area contributed by atoms with Crippen molar-refractivity contribution in [2.75, 3.05) is 19.7 Å². The van der Waals surface area contributed by atoms with E-state index in [1.165, 1.54) is 0 Å². The highest BCUT2D eigenvalue weighted by atomic mass is 35.5. The number of carbonyl (C=O) groups is 1. The average Bonchev–Trinajstić information content (AvgIpc) is 3.13. The lowest BCUT2D eigenvalue weighted by molar-refractivity contribution is -0.0153. The van der Waals surface area contributed by atoms with Crippen LogP contribution in [0, 0.1) is 0 Å². The van der Waals surface area contributed by atoms with E-state index in [9.17, 15) is 15.0 Å². The van der Waals surface area contributed by atoms with Crippen LogP contribution in [-0.4, -0.2) is 62.5 Å². The second-order valence-corrected chi connectivity index (χ2v) is 7.92. The third kappa shape index (κ3) is 5.72. The molecule has 1 aliphatic heterocycles. The fourth-order valence-electron chi connectivity index (χ4n) is 3.49. The zero-order chi connectivity index (χ0) is 20.8. The molecule has 0 fully saturated rings. The molecule has 3 rings (SSSR count). The van der Waals surface area contributed by atoms with Crippen molar-refractivity contribution in [2.24, 2.45) is 7.05 Å². The Labute approximate surface area is 175 Å². The first-order chi connectivity index (χ1) is 14.0. The number of aliphatic hydroxyl groups is 2. The summed E-state index contributed by atoms with van der Waals surface area (Å²) in [6.07, 6.45) is 4.90. The SMILES string of the molecule is Cn1cncc1C(=O)N1CCCCCc2cc(Cl)ccc2OC[C@@H](O)[C@@H](O)CC1. The van der Waals surface area contributed by atoms with Crippen LogP contribution in [0.4, 0.5) is 0 Å². The number of rotatable bonds is 1. The largest absolute Gasteiger partial charge is 0.491 e. The minimum atomic E-state index is -1.05. The normalized spacial score (nSPS) is 21.7. The molecule has 158 valence electrons. The molecule has 2 aromatic rings. The van der Waals surface area contributed by atoms with Crippen molar-refractivity contribution >= 4 is 17.5 Å². The standard InChI is InChI=1S/C21H28ClN3O4/c1-24-14-23-12-17(24)21(28)25-9-4-2-3-5-15-11-16(22)6-7-20(15)29-13-19(27)18(26)8-10-25/h6-7,11-12,14,18-19,26-27H,2-5,8-10,13H2,1H3/t18-,19+/m0/s1. The quantitative estimate of drug-likeness (QED) is 0.738. The molecule has 0 unspecified atom stereocenters. The maximum absolute atomic E-state index is 12.9. The summed E-state index contributed by atoms with van der Waals surface area (Å²) in [6.45, 7) is 0.922. The van der Waals surface area contributed by atoms with E-state index in [-0.39, 0.29) is 18.9 Å². The maximum Gasteiger partial charge on any atom is 0.272 e. The number of amides is 1. The molecule has 0 aliphatic carbocycles. The fraction of sp³-hybridized carbons (Fsp3) is 0.524. The Kier molecular flexibility index (Phi) is 7.52. The van der Waals surface area contributed by atoms with Crippen LogP contribution in [0.3, 0.4) is 0 Å². The predicted octanol–water partition coefficient (Wildman–Crippen LogP) is 2.43. The van der Waals surface area contributed by atoms with Crippen molar-refractivity contribution in [1.29, 1.82) is 0 Å². The smallest absolute Gasteiger partial charge is 0.272 e. The van der Waals surface area contributed by atoms with Crippen molar-refractivity contribution in [2.45, 2.75) is 44.3 Å². The summed E-state index contributed by atoms with van der Waals surface area (Å²) >= 11 is 6.12. The first-order valence-electron chi connectivity index (χ1n) is 9.98. The minimum absolute atomic E-state index is 0.0223. The first-order valence-corrected chi connectivity index (χ1v) is 10.4. The Morgan fingerprint density at radius 1 is 1.21 bits per heavy atom. The Hall–Kier alpha value is -2.09. The van der Waals surface area contributed by atoms with Crippen LogP contribution >= 0.6 is 11.6 Å². The number of benzene rings is 1. The van der Waals surface area contributed by atoms with E-state index in [0.717, 1.165) is 31.2 Å². The van der Waals surface area contributed by atoms with Gasteiger partial charge >= 0.3 is 0 Å². The van der Waals surface area contributed by atoms with Crippen molar-refractivity contribution < 1.29 is 19.7 Å². The number of aliphatic hydroxyl groups excluding tert-OH is 2. The van der Waals surface area contributed by atoms with E-state index in [0.29, 0.717) is 29.6 Å². The molecular formula is C21H28ClN3O4. The summed E-state index contributed by atoms with van der Waals surface area (Å²) in [5.41, 5.74) is 1.49. The second-order valence-electron chi connectivity index (χ2n) is 7.48. The molecule has 0 bridgehead atoms. The summed E-state index contributed by atoms with van der Waals surface area (Å²) in [7, 11) is 1.78. The first kappa shape index (κ1) is 21.6. The van der Waals surface area contributed by atoms with Crippen molar-refractivity contribution in [3.63, 3.8) is 0 Å². The molecule has 2 atom stereocenters. The zero-order valence-corrected chi connectivity index (χ0v) is 17.4. The lowest BCUT2D eigenvalue weighted by Crippen LogP contribution is -2.39. The van der Waals surface area contributed by atoms with Gasteiger partial charge in [0.25, 0.3) is 5.91 Å². The Bertz CT molecular complexity index is 826. The highest BCUT2D eigenvalue weighted by Gasteiger charge is 2.23. The molecule has 0 spiro atoms. The molecule has 2 N–H and O–H groups in total. The van der Waals surface area contributed by atoms with E-state index in [1.807, 2.05) is 6.07 Å². The van der Waals surface area contributed by atoms with Gasteiger partial charge in [0, 0.05) is 25.2 Å². The maximum atomic E-state index is 12.9. The molecule has 1 aromatic heterocycles. The number of aryl methyl sites for hydroxylation is 2. The van der Waals surface area contributed by atoms with Gasteiger partial charge in [-0.2, -0.15) is 0 Å². The number of halogens is 1. The van der Waals surface area contributed by atoms with Gasteiger partial charge in [0.2, 0.25) is 0 Å². The highest BCUT2D eigenvalue weighted by molar-refractivity contribution is 6.30. The lowest BCUT2D eigenvalue weighted by atomic mass is 10.0. The molecule has 2 heterocycles. The topological polar surface area (TPSA) is 87.8 Å². The van der Waals surface area contributed by atoms with Crippen molar-refractivity contribution in [3.8, 4) is 5.75 Å². The third-order valence-electron chi connectivity index (χ3n) is 5.27. The summed E-state index contributed by atoms with van der Waals surface area (Å²) in [4.78, 5) is 18.6. The number of nitrogens with zero attached hydrogens (tertiary/aromatic N) is 3. The minimum Gasteiger partial charge on any atom is -0.491 e. The molecule has 1 aromatic carbocycles. The molecule has 0 radical (unpaired) electrons. The molecule has 29 heavy (non-hydrogen) atoms. The molecule has 8 heteroatoms. The number of carbonyl (C=O) groups excluding carboxylic acids is 1. The van der Waals surface area contributed by atoms with Gasteiger partial charge in [-0.3, -0.25) is 4.79 Å². The fourth-order valence-corrected chi connectivity index (χ4v) is 3.68. The number of ether oxygens (including phenoxy) is 1. The Morgan fingerprint density at radius 3 is 2.79 bits per heavy atom. The van der Waals surface area contributed by atoms with Crippen molar-refractivity contribution in [1.82, 2.24) is 14.5 Å². The highest BCUT2D eigenvalue weighted by Crippen LogP contribution is 2.25. The van der Waals surface area contributed by atoms with E-state index in [4.69, 9.17) is 16.3 Å². The molecular weight excluding hydrogens is 394 g/mol. The van der Waals surface area contributed by atoms with Gasteiger partial charge in [0.1, 0.15) is 24.2 Å². The number of hydrogen-bond donors (Lipinski definition) is 2. The zero-order valence-electron chi connectivity index (χ0n) is 16.6. The summed E-state index contributed by atoms with van der Waals surface area (Å²) < 4.78 is 7.45. The van der Waals surface area contributed by atoms with Gasteiger partial charge in [-0.1, -0.05) is 18.0 Å². The van der Waals surface area contributed by atoms with E-state index in [1.54, 1.807) is 41.2 Å². The van der Waals surface area contributed by atoms with Crippen molar-refractivity contribution in [3.05, 3.63) is 47.0 Å². The predicted molar refractivity (Wildman–Crippen MR) is 110 cm³/mol. The van der Waals surface area contributed by atoms with Crippen LogP contribution in [0.15, 0.2) is 30.7 Å². The van der Waals surface area contributed by atoms with Gasteiger partial charge in [0.15, 0.2) is 0 Å².